The fraction of sp³-hybridized carbons (Fsp3) is 0.333. The van der Waals surface area contributed by atoms with E-state index in [4.69, 9.17) is 12.2 Å². The summed E-state index contributed by atoms with van der Waals surface area (Å²) in [6, 6.07) is 13.7. The van der Waals surface area contributed by atoms with Gasteiger partial charge in [-0.15, -0.1) is 0 Å². The smallest absolute Gasteiger partial charge is 0.253 e. The number of rotatable bonds is 3. The number of carbonyl (C=O) groups is 1. The van der Waals surface area contributed by atoms with Gasteiger partial charge in [-0.3, -0.25) is 4.79 Å². The average molecular weight is 368 g/mol. The molecule has 2 aromatic rings. The van der Waals surface area contributed by atoms with E-state index >= 15 is 0 Å². The van der Waals surface area contributed by atoms with Crippen molar-refractivity contribution in [3.05, 3.63) is 59.2 Å². The number of thiocarbonyl (C=S) groups is 1. The average Bonchev–Trinajstić information content (AvgIpc) is 2.65. The number of amides is 1. The number of piperidine rings is 1. The van der Waals surface area contributed by atoms with Gasteiger partial charge < -0.3 is 15.5 Å². The van der Waals surface area contributed by atoms with Gasteiger partial charge >= 0.3 is 0 Å². The first-order valence-electron chi connectivity index (χ1n) is 9.07. The van der Waals surface area contributed by atoms with Crippen LogP contribution in [-0.4, -0.2) is 29.0 Å². The number of hydrogen-bond acceptors (Lipinski definition) is 2. The second kappa shape index (κ2) is 8.32. The third-order valence-corrected chi connectivity index (χ3v) is 4.87. The van der Waals surface area contributed by atoms with E-state index in [1.165, 1.54) is 12.0 Å². The predicted octanol–water partition coefficient (Wildman–Crippen LogP) is 4.74. The van der Waals surface area contributed by atoms with Crippen LogP contribution in [0.1, 0.15) is 40.7 Å². The quantitative estimate of drug-likeness (QED) is 0.769. The zero-order valence-corrected chi connectivity index (χ0v) is 16.2. The maximum atomic E-state index is 12.5. The first-order valence-corrected chi connectivity index (χ1v) is 9.48. The molecule has 4 nitrogen and oxygen atoms in total. The van der Waals surface area contributed by atoms with Gasteiger partial charge in [0, 0.05) is 30.0 Å². The van der Waals surface area contributed by atoms with Gasteiger partial charge in [0.25, 0.3) is 5.91 Å². The summed E-state index contributed by atoms with van der Waals surface area (Å²) in [6.45, 7) is 5.85. The van der Waals surface area contributed by atoms with Crippen LogP contribution < -0.4 is 10.6 Å². The van der Waals surface area contributed by atoms with Crippen molar-refractivity contribution in [2.24, 2.45) is 0 Å². The first-order chi connectivity index (χ1) is 12.5. The number of carbonyl (C=O) groups excluding carboxylic acids is 1. The Hall–Kier alpha value is -2.40. The second-order valence-electron chi connectivity index (χ2n) is 6.83. The first kappa shape index (κ1) is 18.4. The molecule has 0 bridgehead atoms. The molecule has 1 heterocycles. The van der Waals surface area contributed by atoms with Crippen LogP contribution in [0, 0.1) is 13.8 Å². The Morgan fingerprint density at radius 2 is 1.65 bits per heavy atom. The lowest BCUT2D eigenvalue weighted by Crippen LogP contribution is -2.35. The van der Waals surface area contributed by atoms with Crippen LogP contribution in [0.5, 0.6) is 0 Å². The van der Waals surface area contributed by atoms with E-state index in [0.29, 0.717) is 5.11 Å². The molecule has 1 aliphatic heterocycles. The van der Waals surface area contributed by atoms with Crippen molar-refractivity contribution < 1.29 is 4.79 Å². The summed E-state index contributed by atoms with van der Waals surface area (Å²) in [7, 11) is 0. The maximum absolute atomic E-state index is 12.5. The third-order valence-electron chi connectivity index (χ3n) is 4.66. The number of benzene rings is 2. The highest BCUT2D eigenvalue weighted by Gasteiger charge is 2.17. The molecule has 0 spiro atoms. The summed E-state index contributed by atoms with van der Waals surface area (Å²) in [5, 5.41) is 6.93. The minimum absolute atomic E-state index is 0.118. The van der Waals surface area contributed by atoms with Crippen LogP contribution >= 0.6 is 12.2 Å². The molecule has 0 unspecified atom stereocenters. The van der Waals surface area contributed by atoms with Gasteiger partial charge in [-0.2, -0.15) is 0 Å². The van der Waals surface area contributed by atoms with Gasteiger partial charge in [0.05, 0.1) is 0 Å². The van der Waals surface area contributed by atoms with Crippen molar-refractivity contribution in [3.8, 4) is 0 Å². The van der Waals surface area contributed by atoms with Crippen LogP contribution in [0.25, 0.3) is 0 Å². The van der Waals surface area contributed by atoms with Crippen LogP contribution in [-0.2, 0) is 0 Å². The molecule has 1 fully saturated rings. The Bertz CT molecular complexity index is 795. The largest absolute Gasteiger partial charge is 0.339 e. The molecule has 1 amide bonds. The third kappa shape index (κ3) is 4.61. The zero-order chi connectivity index (χ0) is 18.5. The molecule has 0 atom stereocenters. The molecule has 136 valence electrons. The number of hydrogen-bond donors (Lipinski definition) is 2. The standard InChI is InChI=1S/C21H25N3OS/c1-15-6-11-19(16(2)14-15)23-21(26)22-18-9-7-17(8-10-18)20(25)24-12-4-3-5-13-24/h6-11,14H,3-5,12-13H2,1-2H3,(H2,22,23,26). The van der Waals surface area contributed by atoms with E-state index in [1.54, 1.807) is 0 Å². The predicted molar refractivity (Wildman–Crippen MR) is 112 cm³/mol. The lowest BCUT2D eigenvalue weighted by Gasteiger charge is -2.26. The lowest BCUT2D eigenvalue weighted by molar-refractivity contribution is 0.0724. The molecular formula is C21H25N3OS. The normalized spacial score (nSPS) is 14.0. The molecule has 26 heavy (non-hydrogen) atoms. The molecule has 3 rings (SSSR count). The molecule has 5 heteroatoms. The fourth-order valence-corrected chi connectivity index (χ4v) is 3.44. The molecular weight excluding hydrogens is 342 g/mol. The van der Waals surface area contributed by atoms with Gasteiger partial charge in [-0.05, 0) is 81.2 Å². The minimum atomic E-state index is 0.118. The van der Waals surface area contributed by atoms with Crippen molar-refractivity contribution >= 4 is 34.6 Å². The highest BCUT2D eigenvalue weighted by atomic mass is 32.1. The van der Waals surface area contributed by atoms with Crippen molar-refractivity contribution in [2.45, 2.75) is 33.1 Å². The molecule has 2 N–H and O–H groups in total. The Labute approximate surface area is 160 Å². The van der Waals surface area contributed by atoms with Gasteiger partial charge in [0.2, 0.25) is 0 Å². The molecule has 0 saturated carbocycles. The number of likely N-dealkylation sites (tertiary alicyclic amines) is 1. The summed E-state index contributed by atoms with van der Waals surface area (Å²) < 4.78 is 0. The number of nitrogens with one attached hydrogen (secondary N) is 2. The molecule has 1 saturated heterocycles. The van der Waals surface area contributed by atoms with E-state index < -0.39 is 0 Å². The van der Waals surface area contributed by atoms with E-state index in [9.17, 15) is 4.79 Å². The van der Waals surface area contributed by atoms with Crippen LogP contribution in [0.2, 0.25) is 0 Å². The van der Waals surface area contributed by atoms with Gasteiger partial charge in [0.1, 0.15) is 0 Å². The van der Waals surface area contributed by atoms with E-state index in [-0.39, 0.29) is 5.91 Å². The monoisotopic (exact) mass is 367 g/mol. The van der Waals surface area contributed by atoms with Crippen molar-refractivity contribution in [2.75, 3.05) is 23.7 Å². The molecule has 1 aliphatic rings. The van der Waals surface area contributed by atoms with Crippen molar-refractivity contribution in [1.82, 2.24) is 4.90 Å². The topological polar surface area (TPSA) is 44.4 Å². The molecule has 0 radical (unpaired) electrons. The highest BCUT2D eigenvalue weighted by Crippen LogP contribution is 2.18. The maximum Gasteiger partial charge on any atom is 0.253 e. The van der Waals surface area contributed by atoms with E-state index in [1.807, 2.05) is 35.2 Å². The van der Waals surface area contributed by atoms with E-state index in [2.05, 4.69) is 36.6 Å². The fourth-order valence-electron chi connectivity index (χ4n) is 3.21. The molecule has 0 aliphatic carbocycles. The number of aryl methyl sites for hydroxylation is 2. The Morgan fingerprint density at radius 3 is 2.31 bits per heavy atom. The Morgan fingerprint density at radius 1 is 0.962 bits per heavy atom. The van der Waals surface area contributed by atoms with Crippen LogP contribution in [0.3, 0.4) is 0 Å². The molecule has 2 aromatic carbocycles. The minimum Gasteiger partial charge on any atom is -0.339 e. The van der Waals surface area contributed by atoms with Crippen molar-refractivity contribution in [3.63, 3.8) is 0 Å². The summed E-state index contributed by atoms with van der Waals surface area (Å²) in [4.78, 5) is 14.4. The Kier molecular flexibility index (Phi) is 5.89. The SMILES string of the molecule is Cc1ccc(NC(=S)Nc2ccc(C(=O)N3CCCCC3)cc2)c(C)c1. The van der Waals surface area contributed by atoms with E-state index in [0.717, 1.165) is 48.4 Å². The summed E-state index contributed by atoms with van der Waals surface area (Å²) in [5.74, 6) is 0.118. The van der Waals surface area contributed by atoms with Crippen molar-refractivity contribution in [1.29, 1.82) is 0 Å². The lowest BCUT2D eigenvalue weighted by atomic mass is 10.1. The zero-order valence-electron chi connectivity index (χ0n) is 15.3. The van der Waals surface area contributed by atoms with Crippen LogP contribution in [0.15, 0.2) is 42.5 Å². The number of nitrogens with zero attached hydrogens (tertiary/aromatic N) is 1. The summed E-state index contributed by atoms with van der Waals surface area (Å²) in [6.07, 6.45) is 3.42. The summed E-state index contributed by atoms with van der Waals surface area (Å²) in [5.41, 5.74) is 4.95. The second-order valence-corrected chi connectivity index (χ2v) is 7.24. The molecule has 0 aromatic heterocycles. The van der Waals surface area contributed by atoms with Gasteiger partial charge in [0.15, 0.2) is 5.11 Å². The Balaban J connectivity index is 1.59. The summed E-state index contributed by atoms with van der Waals surface area (Å²) >= 11 is 5.40. The number of anilines is 2. The van der Waals surface area contributed by atoms with Crippen LogP contribution in [0.4, 0.5) is 11.4 Å². The van der Waals surface area contributed by atoms with Gasteiger partial charge in [-0.1, -0.05) is 17.7 Å². The van der Waals surface area contributed by atoms with Gasteiger partial charge in [-0.25, -0.2) is 0 Å². The highest BCUT2D eigenvalue weighted by molar-refractivity contribution is 7.80.